The molecular weight excluding hydrogens is 363 g/mol. The molecule has 2 unspecified atom stereocenters. The molecule has 0 aliphatic heterocycles. The van der Waals surface area contributed by atoms with E-state index in [2.05, 4.69) is 20.6 Å². The van der Waals surface area contributed by atoms with Gasteiger partial charge in [-0.05, 0) is 31.9 Å². The maximum absolute atomic E-state index is 14.5. The lowest BCUT2D eigenvalue weighted by Crippen LogP contribution is -2.43. The number of amides is 1. The Balaban J connectivity index is 1.92. The molecule has 28 heavy (non-hydrogen) atoms. The molecule has 0 bridgehead atoms. The normalized spacial score (nSPS) is 19.1. The second kappa shape index (κ2) is 8.39. The van der Waals surface area contributed by atoms with E-state index < -0.39 is 11.7 Å². The third-order valence-corrected chi connectivity index (χ3v) is 4.87. The number of pyridine rings is 2. The van der Waals surface area contributed by atoms with Crippen LogP contribution in [0, 0.1) is 12.7 Å². The minimum atomic E-state index is -0.784. The number of halogens is 1. The maximum atomic E-state index is 14.5. The summed E-state index contributed by atoms with van der Waals surface area (Å²) in [6.45, 7) is 1.83. The van der Waals surface area contributed by atoms with Crippen LogP contribution < -0.4 is 26.8 Å². The van der Waals surface area contributed by atoms with Gasteiger partial charge in [-0.1, -0.05) is 12.8 Å². The summed E-state index contributed by atoms with van der Waals surface area (Å²) < 4.78 is 19.7. The fourth-order valence-electron chi connectivity index (χ4n) is 3.37. The van der Waals surface area contributed by atoms with Crippen LogP contribution in [0.2, 0.25) is 0 Å². The Morgan fingerprint density at radius 3 is 2.68 bits per heavy atom. The van der Waals surface area contributed by atoms with Gasteiger partial charge in [0, 0.05) is 17.6 Å². The van der Waals surface area contributed by atoms with E-state index >= 15 is 0 Å². The Kier molecular flexibility index (Phi) is 5.93. The number of ether oxygens (including phenoxy) is 1. The van der Waals surface area contributed by atoms with Crippen molar-refractivity contribution in [1.82, 2.24) is 9.97 Å². The van der Waals surface area contributed by atoms with Crippen LogP contribution in [-0.4, -0.2) is 35.1 Å². The predicted molar refractivity (Wildman–Crippen MR) is 105 cm³/mol. The number of nitrogens with two attached hydrogens (primary N) is 2. The highest BCUT2D eigenvalue weighted by Crippen LogP contribution is 2.27. The SMILES string of the molecule is COc1ncc(Nc2nc(NC3CCCCC3N)c(F)cc2C(N)=O)cc1C. The largest absolute Gasteiger partial charge is 0.481 e. The lowest BCUT2D eigenvalue weighted by atomic mass is 9.91. The van der Waals surface area contributed by atoms with Crippen LogP contribution in [0.15, 0.2) is 18.3 Å². The highest BCUT2D eigenvalue weighted by atomic mass is 19.1. The summed E-state index contributed by atoms with van der Waals surface area (Å²) in [7, 11) is 1.53. The number of primary amides is 1. The molecule has 0 aromatic carbocycles. The number of carbonyl (C=O) groups is 1. The molecule has 2 heterocycles. The van der Waals surface area contributed by atoms with Gasteiger partial charge < -0.3 is 26.8 Å². The van der Waals surface area contributed by atoms with Crippen molar-refractivity contribution in [2.45, 2.75) is 44.7 Å². The predicted octanol–water partition coefficient (Wildman–Crippen LogP) is 2.46. The summed E-state index contributed by atoms with van der Waals surface area (Å²) in [6, 6.07) is 2.72. The van der Waals surface area contributed by atoms with Crippen molar-refractivity contribution >= 4 is 23.2 Å². The summed E-state index contributed by atoms with van der Waals surface area (Å²) in [6.07, 6.45) is 5.33. The fraction of sp³-hybridized carbons (Fsp3) is 0.421. The number of anilines is 3. The highest BCUT2D eigenvalue weighted by Gasteiger charge is 2.24. The molecule has 3 rings (SSSR count). The number of nitrogens with zero attached hydrogens (tertiary/aromatic N) is 2. The van der Waals surface area contributed by atoms with Gasteiger partial charge >= 0.3 is 0 Å². The van der Waals surface area contributed by atoms with Gasteiger partial charge in [-0.2, -0.15) is 0 Å². The lowest BCUT2D eigenvalue weighted by Gasteiger charge is -2.30. The quantitative estimate of drug-likeness (QED) is 0.598. The summed E-state index contributed by atoms with van der Waals surface area (Å²) in [5.41, 5.74) is 12.9. The van der Waals surface area contributed by atoms with Gasteiger partial charge in [0.2, 0.25) is 5.88 Å². The first-order chi connectivity index (χ1) is 13.4. The molecule has 0 spiro atoms. The number of carbonyl (C=O) groups excluding carboxylic acids is 1. The van der Waals surface area contributed by atoms with Gasteiger partial charge in [0.25, 0.3) is 5.91 Å². The molecule has 6 N–H and O–H groups in total. The monoisotopic (exact) mass is 388 g/mol. The number of aryl methyl sites for hydroxylation is 1. The van der Waals surface area contributed by atoms with Crippen LogP contribution in [0.1, 0.15) is 41.6 Å². The summed E-state index contributed by atoms with van der Waals surface area (Å²) in [5, 5.41) is 6.08. The van der Waals surface area contributed by atoms with Gasteiger partial charge in [-0.15, -0.1) is 0 Å². The van der Waals surface area contributed by atoms with Gasteiger partial charge in [0.1, 0.15) is 5.82 Å². The summed E-state index contributed by atoms with van der Waals surface area (Å²) >= 11 is 0. The standard InChI is InChI=1S/C19H25FN6O2/c1-10-7-11(9-23-19(10)28-2)24-17-12(16(22)27)8-13(20)18(26-17)25-15-6-4-3-5-14(15)21/h7-9,14-15H,3-6,21H2,1-2H3,(H2,22,27)(H2,24,25,26). The van der Waals surface area contributed by atoms with Gasteiger partial charge in [-0.25, -0.2) is 14.4 Å². The van der Waals surface area contributed by atoms with E-state index in [0.717, 1.165) is 37.3 Å². The summed E-state index contributed by atoms with van der Waals surface area (Å²) in [5.74, 6) is -0.768. The molecule has 2 atom stereocenters. The van der Waals surface area contributed by atoms with Crippen molar-refractivity contribution in [1.29, 1.82) is 0 Å². The van der Waals surface area contributed by atoms with Crippen molar-refractivity contribution in [3.63, 3.8) is 0 Å². The third-order valence-electron chi connectivity index (χ3n) is 4.87. The molecule has 1 aliphatic rings. The Hall–Kier alpha value is -2.94. The topological polar surface area (TPSA) is 128 Å². The molecule has 8 nitrogen and oxygen atoms in total. The van der Waals surface area contributed by atoms with E-state index in [1.807, 2.05) is 6.92 Å². The molecule has 1 amide bonds. The fourth-order valence-corrected chi connectivity index (χ4v) is 3.37. The zero-order valence-electron chi connectivity index (χ0n) is 16.0. The van der Waals surface area contributed by atoms with Gasteiger partial charge in [-0.3, -0.25) is 4.79 Å². The molecule has 1 aliphatic carbocycles. The zero-order chi connectivity index (χ0) is 20.3. The minimum absolute atomic E-state index is 0.0352. The molecule has 0 radical (unpaired) electrons. The smallest absolute Gasteiger partial charge is 0.252 e. The van der Waals surface area contributed by atoms with Crippen molar-refractivity contribution in [3.8, 4) is 5.88 Å². The maximum Gasteiger partial charge on any atom is 0.252 e. The molecular formula is C19H25FN6O2. The van der Waals surface area contributed by atoms with E-state index in [-0.39, 0.29) is 29.3 Å². The second-order valence-electron chi connectivity index (χ2n) is 6.95. The van der Waals surface area contributed by atoms with E-state index in [9.17, 15) is 9.18 Å². The minimum Gasteiger partial charge on any atom is -0.481 e. The number of rotatable bonds is 6. The molecule has 9 heteroatoms. The van der Waals surface area contributed by atoms with Crippen LogP contribution in [0.25, 0.3) is 0 Å². The number of methoxy groups -OCH3 is 1. The van der Waals surface area contributed by atoms with Crippen molar-refractivity contribution in [2.75, 3.05) is 17.7 Å². The first kappa shape index (κ1) is 19.8. The van der Waals surface area contributed by atoms with Gasteiger partial charge in [0.15, 0.2) is 11.6 Å². The summed E-state index contributed by atoms with van der Waals surface area (Å²) in [4.78, 5) is 20.2. The van der Waals surface area contributed by atoms with E-state index in [4.69, 9.17) is 16.2 Å². The van der Waals surface area contributed by atoms with Crippen molar-refractivity contribution < 1.29 is 13.9 Å². The van der Waals surface area contributed by atoms with E-state index in [1.165, 1.54) is 13.3 Å². The molecule has 150 valence electrons. The van der Waals surface area contributed by atoms with Crippen LogP contribution in [-0.2, 0) is 0 Å². The van der Waals surface area contributed by atoms with Gasteiger partial charge in [0.05, 0.1) is 24.6 Å². The van der Waals surface area contributed by atoms with E-state index in [0.29, 0.717) is 11.6 Å². The molecule has 1 saturated carbocycles. The highest BCUT2D eigenvalue weighted by molar-refractivity contribution is 5.98. The van der Waals surface area contributed by atoms with Crippen molar-refractivity contribution in [3.05, 3.63) is 35.3 Å². The average molecular weight is 388 g/mol. The second-order valence-corrected chi connectivity index (χ2v) is 6.95. The zero-order valence-corrected chi connectivity index (χ0v) is 16.0. The first-order valence-corrected chi connectivity index (χ1v) is 9.19. The van der Waals surface area contributed by atoms with Crippen LogP contribution >= 0.6 is 0 Å². The first-order valence-electron chi connectivity index (χ1n) is 9.19. The van der Waals surface area contributed by atoms with Crippen LogP contribution in [0.3, 0.4) is 0 Å². The number of hydrogen-bond donors (Lipinski definition) is 4. The van der Waals surface area contributed by atoms with Crippen LogP contribution in [0.5, 0.6) is 5.88 Å². The number of nitrogens with one attached hydrogen (secondary N) is 2. The number of hydrogen-bond acceptors (Lipinski definition) is 7. The third kappa shape index (κ3) is 4.30. The Labute approximate surface area is 162 Å². The lowest BCUT2D eigenvalue weighted by molar-refractivity contribution is 0.100. The molecule has 0 saturated heterocycles. The Bertz CT molecular complexity index is 876. The van der Waals surface area contributed by atoms with Crippen molar-refractivity contribution in [2.24, 2.45) is 11.5 Å². The van der Waals surface area contributed by atoms with Crippen LogP contribution in [0.4, 0.5) is 21.7 Å². The Morgan fingerprint density at radius 1 is 1.29 bits per heavy atom. The number of aromatic nitrogens is 2. The molecule has 2 aromatic rings. The molecule has 2 aromatic heterocycles. The average Bonchev–Trinajstić information content (AvgIpc) is 2.66. The molecule has 1 fully saturated rings. The van der Waals surface area contributed by atoms with E-state index in [1.54, 1.807) is 6.07 Å². The Morgan fingerprint density at radius 2 is 2.04 bits per heavy atom.